The highest BCUT2D eigenvalue weighted by molar-refractivity contribution is 5.17. The van der Waals surface area contributed by atoms with Crippen LogP contribution in [0.2, 0.25) is 0 Å². The molecule has 0 atom stereocenters. The van der Waals surface area contributed by atoms with Crippen LogP contribution in [0.5, 0.6) is 0 Å². The Bertz CT molecular complexity index is 300. The van der Waals surface area contributed by atoms with Crippen LogP contribution in [0.4, 0.5) is 0 Å². The molecule has 0 saturated carbocycles. The smallest absolute Gasteiger partial charge is 0.0650 e. The lowest BCUT2D eigenvalue weighted by molar-refractivity contribution is 0.153. The number of benzene rings is 1. The summed E-state index contributed by atoms with van der Waals surface area (Å²) in [4.78, 5) is 0. The highest BCUT2D eigenvalue weighted by Gasteiger charge is 2.03. The van der Waals surface area contributed by atoms with Crippen molar-refractivity contribution in [3.8, 4) is 0 Å². The first-order valence-corrected chi connectivity index (χ1v) is 5.25. The van der Waals surface area contributed by atoms with Crippen LogP contribution in [-0.2, 0) is 11.2 Å². The Kier molecular flexibility index (Phi) is 3.36. The highest BCUT2D eigenvalue weighted by Crippen LogP contribution is 2.15. The molecule has 1 aliphatic rings. The molecule has 0 bridgehead atoms. The van der Waals surface area contributed by atoms with Crippen LogP contribution >= 0.6 is 0 Å². The van der Waals surface area contributed by atoms with Gasteiger partial charge in [0.2, 0.25) is 0 Å². The number of rotatable bonds is 3. The van der Waals surface area contributed by atoms with Gasteiger partial charge in [-0.05, 0) is 24.8 Å². The average Bonchev–Trinajstić information content (AvgIpc) is 2.29. The Morgan fingerprint density at radius 3 is 2.64 bits per heavy atom. The lowest BCUT2D eigenvalue weighted by Crippen LogP contribution is -2.04. The molecule has 1 aromatic carbocycles. The van der Waals surface area contributed by atoms with Gasteiger partial charge in [0.25, 0.3) is 0 Å². The summed E-state index contributed by atoms with van der Waals surface area (Å²) in [5, 5.41) is 0. The molecule has 0 saturated heterocycles. The monoisotopic (exact) mass is 188 g/mol. The van der Waals surface area contributed by atoms with E-state index in [2.05, 4.69) is 36.4 Å². The Hall–Kier alpha value is -1.08. The van der Waals surface area contributed by atoms with E-state index in [9.17, 15) is 0 Å². The average molecular weight is 188 g/mol. The molecule has 0 aliphatic carbocycles. The van der Waals surface area contributed by atoms with Gasteiger partial charge in [0.05, 0.1) is 13.2 Å². The Morgan fingerprint density at radius 2 is 1.93 bits per heavy atom. The van der Waals surface area contributed by atoms with Gasteiger partial charge in [-0.3, -0.25) is 0 Å². The maximum Gasteiger partial charge on any atom is 0.0650 e. The van der Waals surface area contributed by atoms with Crippen LogP contribution in [0, 0.1) is 0 Å². The quantitative estimate of drug-likeness (QED) is 0.663. The van der Waals surface area contributed by atoms with Gasteiger partial charge in [0.15, 0.2) is 0 Å². The van der Waals surface area contributed by atoms with E-state index in [1.54, 1.807) is 5.57 Å². The van der Waals surface area contributed by atoms with E-state index in [0.717, 1.165) is 26.1 Å². The summed E-state index contributed by atoms with van der Waals surface area (Å²) in [6.45, 7) is 1.71. The van der Waals surface area contributed by atoms with Crippen molar-refractivity contribution in [1.29, 1.82) is 0 Å². The van der Waals surface area contributed by atoms with E-state index < -0.39 is 0 Å². The third kappa shape index (κ3) is 2.71. The molecule has 0 N–H and O–H groups in total. The van der Waals surface area contributed by atoms with Gasteiger partial charge in [0, 0.05) is 0 Å². The third-order valence-electron chi connectivity index (χ3n) is 2.63. The summed E-state index contributed by atoms with van der Waals surface area (Å²) in [5.74, 6) is 0. The Morgan fingerprint density at radius 1 is 1.07 bits per heavy atom. The van der Waals surface area contributed by atoms with Crippen molar-refractivity contribution in [3.63, 3.8) is 0 Å². The van der Waals surface area contributed by atoms with Crippen LogP contribution < -0.4 is 0 Å². The van der Waals surface area contributed by atoms with Crippen molar-refractivity contribution >= 4 is 0 Å². The molecule has 0 spiro atoms. The fourth-order valence-corrected chi connectivity index (χ4v) is 1.74. The Labute approximate surface area is 85.4 Å². The number of aryl methyl sites for hydroxylation is 1. The molecule has 1 aliphatic heterocycles. The van der Waals surface area contributed by atoms with Crippen LogP contribution in [0.1, 0.15) is 18.4 Å². The lowest BCUT2D eigenvalue weighted by atomic mass is 10.0. The fraction of sp³-hybridized carbons (Fsp3) is 0.385. The first kappa shape index (κ1) is 9.47. The summed E-state index contributed by atoms with van der Waals surface area (Å²) in [7, 11) is 0. The van der Waals surface area contributed by atoms with E-state index >= 15 is 0 Å². The summed E-state index contributed by atoms with van der Waals surface area (Å²) < 4.78 is 5.28. The normalized spacial score (nSPS) is 16.4. The molecular weight excluding hydrogens is 172 g/mol. The maximum atomic E-state index is 5.28. The van der Waals surface area contributed by atoms with Crippen molar-refractivity contribution in [2.45, 2.75) is 19.3 Å². The first-order chi connectivity index (χ1) is 6.95. The summed E-state index contributed by atoms with van der Waals surface area (Å²) in [6, 6.07) is 10.7. The van der Waals surface area contributed by atoms with Gasteiger partial charge in [-0.1, -0.05) is 42.0 Å². The van der Waals surface area contributed by atoms with Crippen molar-refractivity contribution < 1.29 is 4.74 Å². The molecular formula is C13H16O. The third-order valence-corrected chi connectivity index (χ3v) is 2.63. The predicted molar refractivity (Wildman–Crippen MR) is 58.3 cm³/mol. The van der Waals surface area contributed by atoms with Crippen LogP contribution in [-0.4, -0.2) is 13.2 Å². The predicted octanol–water partition coefficient (Wildman–Crippen LogP) is 2.97. The SMILES string of the molecule is C1=C(CCc2ccccc2)CCOC1. The minimum atomic E-state index is 0.810. The summed E-state index contributed by atoms with van der Waals surface area (Å²) in [6.07, 6.45) is 5.69. The van der Waals surface area contributed by atoms with Gasteiger partial charge < -0.3 is 4.74 Å². The number of hydrogen-bond acceptors (Lipinski definition) is 1. The molecule has 1 heteroatoms. The van der Waals surface area contributed by atoms with E-state index in [1.165, 1.54) is 12.0 Å². The number of hydrogen-bond donors (Lipinski definition) is 0. The molecule has 74 valence electrons. The second kappa shape index (κ2) is 4.97. The standard InChI is InChI=1S/C13H16O/c1-2-4-12(5-3-1)6-7-13-8-10-14-11-9-13/h1-5,8H,6-7,9-11H2. The minimum Gasteiger partial charge on any atom is -0.377 e. The molecule has 2 rings (SSSR count). The van der Waals surface area contributed by atoms with E-state index in [0.29, 0.717) is 0 Å². The molecule has 1 nitrogen and oxygen atoms in total. The molecule has 1 heterocycles. The second-order valence-electron chi connectivity index (χ2n) is 3.67. The molecule has 1 aromatic rings. The fourth-order valence-electron chi connectivity index (χ4n) is 1.74. The highest BCUT2D eigenvalue weighted by atomic mass is 16.5. The van der Waals surface area contributed by atoms with Crippen LogP contribution in [0.15, 0.2) is 42.0 Å². The number of ether oxygens (including phenoxy) is 1. The van der Waals surface area contributed by atoms with Crippen LogP contribution in [0.25, 0.3) is 0 Å². The van der Waals surface area contributed by atoms with Gasteiger partial charge in [-0.15, -0.1) is 0 Å². The van der Waals surface area contributed by atoms with Gasteiger partial charge in [0.1, 0.15) is 0 Å². The Balaban J connectivity index is 1.85. The van der Waals surface area contributed by atoms with Gasteiger partial charge in [-0.2, -0.15) is 0 Å². The van der Waals surface area contributed by atoms with E-state index in [1.807, 2.05) is 0 Å². The molecule has 0 fully saturated rings. The van der Waals surface area contributed by atoms with E-state index in [4.69, 9.17) is 4.74 Å². The summed E-state index contributed by atoms with van der Waals surface area (Å²) in [5.41, 5.74) is 2.99. The van der Waals surface area contributed by atoms with Crippen molar-refractivity contribution in [3.05, 3.63) is 47.5 Å². The molecule has 0 unspecified atom stereocenters. The molecule has 0 aromatic heterocycles. The topological polar surface area (TPSA) is 9.23 Å². The van der Waals surface area contributed by atoms with Crippen molar-refractivity contribution in [2.24, 2.45) is 0 Å². The zero-order valence-electron chi connectivity index (χ0n) is 8.41. The van der Waals surface area contributed by atoms with Gasteiger partial charge >= 0.3 is 0 Å². The van der Waals surface area contributed by atoms with Crippen molar-refractivity contribution in [1.82, 2.24) is 0 Å². The zero-order valence-corrected chi connectivity index (χ0v) is 8.41. The van der Waals surface area contributed by atoms with Gasteiger partial charge in [-0.25, -0.2) is 0 Å². The zero-order chi connectivity index (χ0) is 9.64. The molecule has 0 radical (unpaired) electrons. The minimum absolute atomic E-state index is 0.810. The first-order valence-electron chi connectivity index (χ1n) is 5.25. The molecule has 0 amide bonds. The maximum absolute atomic E-state index is 5.28. The van der Waals surface area contributed by atoms with E-state index in [-0.39, 0.29) is 0 Å². The summed E-state index contributed by atoms with van der Waals surface area (Å²) >= 11 is 0. The van der Waals surface area contributed by atoms with Crippen LogP contribution in [0.3, 0.4) is 0 Å². The molecule has 14 heavy (non-hydrogen) atoms. The second-order valence-corrected chi connectivity index (χ2v) is 3.67. The largest absolute Gasteiger partial charge is 0.377 e. The van der Waals surface area contributed by atoms with Crippen molar-refractivity contribution in [2.75, 3.05) is 13.2 Å². The lowest BCUT2D eigenvalue weighted by Gasteiger charge is -2.13.